The number of H-pyrrole nitrogens is 1. The average molecular weight is 526 g/mol. The zero-order valence-electron chi connectivity index (χ0n) is 17.7. The first-order chi connectivity index (χ1) is 16.4. The number of anilines is 1. The second kappa shape index (κ2) is 10.0. The molecule has 1 unspecified atom stereocenters. The largest absolute Gasteiger partial charge is 0.497 e. The number of amides is 1. The van der Waals surface area contributed by atoms with E-state index in [1.54, 1.807) is 17.4 Å². The van der Waals surface area contributed by atoms with E-state index in [4.69, 9.17) is 9.26 Å². The number of nitrogens with zero attached hydrogens (tertiary/aromatic N) is 1. The first kappa shape index (κ1) is 26.1. The molecule has 0 saturated heterocycles. The third-order valence-corrected chi connectivity index (χ3v) is 6.05. The van der Waals surface area contributed by atoms with Crippen molar-refractivity contribution in [3.63, 3.8) is 0 Å². The van der Waals surface area contributed by atoms with Crippen LogP contribution in [-0.4, -0.2) is 23.5 Å². The Kier molecular flexibility index (Phi) is 7.47. The second-order valence-corrected chi connectivity index (χ2v) is 8.02. The number of carbonyl (C=O) groups is 1. The van der Waals surface area contributed by atoms with Crippen LogP contribution in [0.2, 0.25) is 0 Å². The molecule has 0 radical (unpaired) electrons. The zero-order valence-corrected chi connectivity index (χ0v) is 18.5. The van der Waals surface area contributed by atoms with E-state index in [1.807, 2.05) is 0 Å². The summed E-state index contributed by atoms with van der Waals surface area (Å²) in [6.45, 7) is 1.45. The van der Waals surface area contributed by atoms with E-state index in [2.05, 4.69) is 5.27 Å². The molecule has 0 spiro atoms. The normalized spacial score (nSPS) is 12.5. The highest BCUT2D eigenvalue weighted by Gasteiger charge is 2.43. The van der Waals surface area contributed by atoms with E-state index >= 15 is 0 Å². The fourth-order valence-corrected chi connectivity index (χ4v) is 3.90. The summed E-state index contributed by atoms with van der Waals surface area (Å²) in [5.41, 5.74) is -5.04. The van der Waals surface area contributed by atoms with Crippen LogP contribution in [0, 0.1) is 23.3 Å². The van der Waals surface area contributed by atoms with Gasteiger partial charge in [-0.2, -0.15) is 13.2 Å². The molecule has 188 valence electrons. The van der Waals surface area contributed by atoms with Gasteiger partial charge in [-0.05, 0) is 40.3 Å². The first-order valence-corrected chi connectivity index (χ1v) is 10.5. The number of thioether (sulfide) groups is 1. The van der Waals surface area contributed by atoms with E-state index in [0.717, 1.165) is 4.68 Å². The lowest BCUT2D eigenvalue weighted by molar-refractivity contribution is -0.704. The number of aromatic amines is 1. The van der Waals surface area contributed by atoms with Crippen LogP contribution in [0.15, 0.2) is 38.6 Å². The number of nitrogens with one attached hydrogen (secondary N) is 2. The first-order valence-electron chi connectivity index (χ1n) is 9.59. The highest BCUT2D eigenvalue weighted by Crippen LogP contribution is 2.38. The van der Waals surface area contributed by atoms with Crippen molar-refractivity contribution >= 4 is 23.4 Å². The molecule has 2 aromatic carbocycles. The Balaban J connectivity index is 1.92. The maximum Gasteiger partial charge on any atom is 0.442 e. The average Bonchev–Trinajstić information content (AvgIpc) is 3.17. The molecule has 3 rings (SSSR count). The minimum Gasteiger partial charge on any atom is -0.497 e. The van der Waals surface area contributed by atoms with Crippen molar-refractivity contribution in [3.05, 3.63) is 63.5 Å². The number of alkyl halides is 3. The highest BCUT2D eigenvalue weighted by molar-refractivity contribution is 8.00. The van der Waals surface area contributed by atoms with Crippen LogP contribution in [0.4, 0.5) is 36.4 Å². The Labute approximate surface area is 195 Å². The van der Waals surface area contributed by atoms with E-state index < -0.39 is 57.5 Å². The van der Waals surface area contributed by atoms with E-state index in [-0.39, 0.29) is 11.4 Å². The molecule has 0 saturated carbocycles. The minimum absolute atomic E-state index is 0.0709. The van der Waals surface area contributed by atoms with Gasteiger partial charge in [-0.25, -0.2) is 22.4 Å². The molecule has 0 aliphatic heterocycles. The van der Waals surface area contributed by atoms with Gasteiger partial charge in [0.1, 0.15) is 17.0 Å². The monoisotopic (exact) mass is 526 g/mol. The molecule has 35 heavy (non-hydrogen) atoms. The summed E-state index contributed by atoms with van der Waals surface area (Å²) in [6.07, 6.45) is -5.80. The van der Waals surface area contributed by atoms with Crippen molar-refractivity contribution in [2.24, 2.45) is 0 Å². The highest BCUT2D eigenvalue weighted by atomic mass is 32.2. The van der Waals surface area contributed by atoms with E-state index in [0.29, 0.717) is 23.2 Å². The topological polar surface area (TPSA) is 88.2 Å². The SMILES string of the molecule is CCC(Sc1c(=O)o[nH][n+]1-c1ccc(OC)cc1)C(=O)Nc1c(F)c(F)c(C(F)(F)F)c(F)c1F. The molecule has 0 fully saturated rings. The van der Waals surface area contributed by atoms with Gasteiger partial charge in [0.15, 0.2) is 23.3 Å². The molecule has 2 N–H and O–H groups in total. The number of methoxy groups -OCH3 is 1. The smallest absolute Gasteiger partial charge is 0.442 e. The molecule has 1 heterocycles. The van der Waals surface area contributed by atoms with E-state index in [1.165, 1.54) is 26.2 Å². The third kappa shape index (κ3) is 5.13. The van der Waals surface area contributed by atoms with Crippen LogP contribution in [-0.2, 0) is 11.0 Å². The summed E-state index contributed by atoms with van der Waals surface area (Å²) in [6, 6.07) is 6.19. The van der Waals surface area contributed by atoms with Crippen LogP contribution in [0.3, 0.4) is 0 Å². The van der Waals surface area contributed by atoms with Crippen LogP contribution in [0.5, 0.6) is 5.75 Å². The minimum atomic E-state index is -5.72. The van der Waals surface area contributed by atoms with Crippen molar-refractivity contribution in [1.29, 1.82) is 0 Å². The molecule has 0 aliphatic rings. The van der Waals surface area contributed by atoms with Gasteiger partial charge in [0.2, 0.25) is 11.6 Å². The molecule has 15 heteroatoms. The molecule has 0 bridgehead atoms. The maximum absolute atomic E-state index is 14.2. The molecule has 1 amide bonds. The molecular formula is C20H15F7N3O4S+. The molecular weight excluding hydrogens is 511 g/mol. The summed E-state index contributed by atoms with van der Waals surface area (Å²) in [5.74, 6) is -11.0. The van der Waals surface area contributed by atoms with Crippen LogP contribution in [0.1, 0.15) is 18.9 Å². The second-order valence-electron chi connectivity index (χ2n) is 6.83. The maximum atomic E-state index is 14.2. The number of aromatic nitrogens is 2. The fourth-order valence-electron chi connectivity index (χ4n) is 2.92. The number of rotatable bonds is 7. The van der Waals surface area contributed by atoms with Gasteiger partial charge in [0.05, 0.1) is 12.4 Å². The third-order valence-electron chi connectivity index (χ3n) is 4.65. The van der Waals surface area contributed by atoms with Crippen molar-refractivity contribution < 1.29 is 49.5 Å². The number of hydrogen-bond acceptors (Lipinski definition) is 5. The van der Waals surface area contributed by atoms with Gasteiger partial charge in [0.25, 0.3) is 0 Å². The lowest BCUT2D eigenvalue weighted by Crippen LogP contribution is -2.37. The van der Waals surface area contributed by atoms with Crippen LogP contribution in [0.25, 0.3) is 5.69 Å². The fraction of sp³-hybridized carbons (Fsp3) is 0.250. The number of hydrogen-bond donors (Lipinski definition) is 2. The summed E-state index contributed by atoms with van der Waals surface area (Å²) in [4.78, 5) is 24.8. The van der Waals surface area contributed by atoms with Crippen LogP contribution < -0.4 is 20.4 Å². The number of benzene rings is 2. The zero-order chi connectivity index (χ0) is 26.1. The lowest BCUT2D eigenvalue weighted by Gasteiger charge is -2.16. The molecule has 7 nitrogen and oxygen atoms in total. The number of ether oxygens (including phenoxy) is 1. The van der Waals surface area contributed by atoms with Gasteiger partial charge in [-0.1, -0.05) is 6.92 Å². The van der Waals surface area contributed by atoms with Crippen molar-refractivity contribution in [2.75, 3.05) is 12.4 Å². The number of halogens is 7. The Hall–Kier alpha value is -3.49. The summed E-state index contributed by atoms with van der Waals surface area (Å²) in [5, 5.41) is 2.42. The summed E-state index contributed by atoms with van der Waals surface area (Å²) in [7, 11) is 1.44. The molecule has 1 aromatic heterocycles. The molecule has 3 aromatic rings. The predicted octanol–water partition coefficient (Wildman–Crippen LogP) is 4.34. The van der Waals surface area contributed by atoms with Crippen molar-refractivity contribution in [2.45, 2.75) is 29.8 Å². The molecule has 0 aliphatic carbocycles. The number of carbonyl (C=O) groups excluding carboxylic acids is 1. The summed E-state index contributed by atoms with van der Waals surface area (Å²) < 4.78 is 105. The Bertz CT molecular complexity index is 1280. The van der Waals surface area contributed by atoms with Crippen molar-refractivity contribution in [3.8, 4) is 11.4 Å². The van der Waals surface area contributed by atoms with Gasteiger partial charge in [-0.3, -0.25) is 9.32 Å². The predicted molar refractivity (Wildman–Crippen MR) is 107 cm³/mol. The Morgan fingerprint density at radius 2 is 1.69 bits per heavy atom. The Morgan fingerprint density at radius 1 is 1.11 bits per heavy atom. The van der Waals surface area contributed by atoms with E-state index in [9.17, 15) is 40.3 Å². The standard InChI is InChI=1S/C20H14F7N3O4S/c1-3-10(35-18-19(32)34-29-30(18)8-4-6-9(33-2)7-5-8)17(31)28-16-14(23)12(21)11(20(25,26)27)13(22)15(16)24/h4-7,10H,3H2,1-2H3,(H-,28,29,31,32)/p+1. The Morgan fingerprint density at radius 3 is 2.17 bits per heavy atom. The summed E-state index contributed by atoms with van der Waals surface area (Å²) >= 11 is 0.578. The van der Waals surface area contributed by atoms with Gasteiger partial charge in [-0.15, -0.1) is 0 Å². The van der Waals surface area contributed by atoms with Crippen molar-refractivity contribution in [1.82, 2.24) is 5.27 Å². The van der Waals surface area contributed by atoms with Gasteiger partial charge >= 0.3 is 16.8 Å². The lowest BCUT2D eigenvalue weighted by atomic mass is 10.1. The van der Waals surface area contributed by atoms with Gasteiger partial charge in [0, 0.05) is 12.1 Å². The molecule has 1 atom stereocenters. The van der Waals surface area contributed by atoms with Crippen LogP contribution >= 0.6 is 11.8 Å². The van der Waals surface area contributed by atoms with Gasteiger partial charge < -0.3 is 10.1 Å². The quantitative estimate of drug-likeness (QED) is 0.207.